The molecular formula is C34H59N7O8. The summed E-state index contributed by atoms with van der Waals surface area (Å²) in [5, 5.41) is 27.2. The number of hydrazine groups is 1. The molecule has 1 aromatic rings. The van der Waals surface area contributed by atoms with Crippen LogP contribution in [0, 0.1) is 17.8 Å². The lowest BCUT2D eigenvalue weighted by atomic mass is 9.97. The fourth-order valence-electron chi connectivity index (χ4n) is 5.40. The molecule has 1 fully saturated rings. The van der Waals surface area contributed by atoms with E-state index in [1.165, 1.54) is 14.2 Å². The van der Waals surface area contributed by atoms with Gasteiger partial charge in [-0.25, -0.2) is 14.6 Å². The third-order valence-corrected chi connectivity index (χ3v) is 8.24. The van der Waals surface area contributed by atoms with Gasteiger partial charge >= 0.3 is 12.1 Å². The Morgan fingerprint density at radius 2 is 1.37 bits per heavy atom. The van der Waals surface area contributed by atoms with Crippen molar-refractivity contribution in [1.82, 2.24) is 37.0 Å². The topological polar surface area (TPSA) is 192 Å². The smallest absolute Gasteiger partial charge is 0.315 e. The summed E-state index contributed by atoms with van der Waals surface area (Å²) >= 11 is 0. The van der Waals surface area contributed by atoms with Gasteiger partial charge in [0.15, 0.2) is 0 Å². The van der Waals surface area contributed by atoms with E-state index in [2.05, 4.69) is 32.0 Å². The fraction of sp³-hybridized carbons (Fsp3) is 0.706. The molecule has 1 heterocycles. The van der Waals surface area contributed by atoms with E-state index in [4.69, 9.17) is 14.2 Å². The second kappa shape index (κ2) is 23.0. The minimum atomic E-state index is -1.13. The predicted octanol–water partition coefficient (Wildman–Crippen LogP) is 0.775. The fourth-order valence-corrected chi connectivity index (χ4v) is 5.40. The van der Waals surface area contributed by atoms with Crippen molar-refractivity contribution in [3.63, 3.8) is 0 Å². The average Bonchev–Trinajstić information content (AvgIpc) is 3.06. The third-order valence-electron chi connectivity index (χ3n) is 8.24. The number of nitrogens with zero attached hydrogens (tertiary/aromatic N) is 1. The summed E-state index contributed by atoms with van der Waals surface area (Å²) in [5.41, 5.74) is 3.84. The minimum absolute atomic E-state index is 0.0109. The summed E-state index contributed by atoms with van der Waals surface area (Å²) in [6.07, 6.45) is 0.744. The predicted molar refractivity (Wildman–Crippen MR) is 185 cm³/mol. The van der Waals surface area contributed by atoms with Gasteiger partial charge in [-0.15, -0.1) is 0 Å². The number of rotatable bonds is 21. The SMILES string of the molecule is COCCNC(=O)N[C@H](C(=O)NC(Cc1ccccc1)C(O)CN(CC1CCOCC1)NC(=O)[C@@H](NC(=O)NCCOC)C(C)C)C(C)C. The number of carbonyl (C=O) groups excluding carboxylic acids is 4. The van der Waals surface area contributed by atoms with Crippen molar-refractivity contribution >= 4 is 23.9 Å². The molecule has 4 atom stereocenters. The highest BCUT2D eigenvalue weighted by Crippen LogP contribution is 2.17. The van der Waals surface area contributed by atoms with Crippen molar-refractivity contribution in [2.75, 3.05) is 66.8 Å². The van der Waals surface area contributed by atoms with Crippen molar-refractivity contribution < 1.29 is 38.5 Å². The van der Waals surface area contributed by atoms with Crippen molar-refractivity contribution in [2.24, 2.45) is 17.8 Å². The molecule has 49 heavy (non-hydrogen) atoms. The number of hydrogen-bond donors (Lipinski definition) is 7. The number of ether oxygens (including phenoxy) is 3. The van der Waals surface area contributed by atoms with E-state index in [0.29, 0.717) is 39.4 Å². The van der Waals surface area contributed by atoms with Crippen LogP contribution in [-0.4, -0.2) is 125 Å². The van der Waals surface area contributed by atoms with E-state index in [-0.39, 0.29) is 37.4 Å². The summed E-state index contributed by atoms with van der Waals surface area (Å²) in [7, 11) is 3.06. The van der Waals surface area contributed by atoms with Crippen molar-refractivity contribution in [1.29, 1.82) is 0 Å². The molecule has 0 radical (unpaired) electrons. The molecule has 1 aliphatic heterocycles. The number of benzene rings is 1. The lowest BCUT2D eigenvalue weighted by Crippen LogP contribution is -2.60. The molecule has 1 saturated heterocycles. The highest BCUT2D eigenvalue weighted by Gasteiger charge is 2.32. The van der Waals surface area contributed by atoms with Gasteiger partial charge in [-0.2, -0.15) is 0 Å². The Hall–Kier alpha value is -3.50. The molecule has 1 aliphatic rings. The Labute approximate surface area is 290 Å². The zero-order valence-electron chi connectivity index (χ0n) is 30.0. The Bertz CT molecular complexity index is 1120. The highest BCUT2D eigenvalue weighted by atomic mass is 16.5. The number of aliphatic hydroxyl groups is 1. The average molecular weight is 694 g/mol. The summed E-state index contributed by atoms with van der Waals surface area (Å²) in [6, 6.07) is 5.97. The molecule has 6 amide bonds. The number of nitrogens with one attached hydrogen (secondary N) is 6. The number of methoxy groups -OCH3 is 2. The molecule has 15 heteroatoms. The van der Waals surface area contributed by atoms with Crippen molar-refractivity contribution in [3.05, 3.63) is 35.9 Å². The summed E-state index contributed by atoms with van der Waals surface area (Å²) in [5.74, 6) is -1.17. The summed E-state index contributed by atoms with van der Waals surface area (Å²) in [4.78, 5) is 52.3. The first kappa shape index (κ1) is 41.7. The van der Waals surface area contributed by atoms with Gasteiger partial charge in [0.1, 0.15) is 12.1 Å². The van der Waals surface area contributed by atoms with Crippen LogP contribution in [0.2, 0.25) is 0 Å². The molecule has 2 unspecified atom stereocenters. The van der Waals surface area contributed by atoms with Gasteiger partial charge in [0, 0.05) is 53.6 Å². The van der Waals surface area contributed by atoms with Crippen LogP contribution in [-0.2, 0) is 30.2 Å². The van der Waals surface area contributed by atoms with Crippen LogP contribution in [0.15, 0.2) is 30.3 Å². The zero-order chi connectivity index (χ0) is 36.2. The molecule has 0 spiro atoms. The van der Waals surface area contributed by atoms with E-state index >= 15 is 0 Å². The van der Waals surface area contributed by atoms with Gasteiger partial charge in [-0.3, -0.25) is 15.0 Å². The van der Waals surface area contributed by atoms with E-state index in [0.717, 1.165) is 18.4 Å². The van der Waals surface area contributed by atoms with E-state index in [9.17, 15) is 24.3 Å². The van der Waals surface area contributed by atoms with Crippen LogP contribution < -0.4 is 32.0 Å². The second-order valence-corrected chi connectivity index (χ2v) is 13.0. The number of carbonyl (C=O) groups is 4. The van der Waals surface area contributed by atoms with Gasteiger partial charge in [0.2, 0.25) is 5.91 Å². The lowest BCUT2D eigenvalue weighted by molar-refractivity contribution is -0.131. The van der Waals surface area contributed by atoms with E-state index in [1.807, 2.05) is 58.0 Å². The number of hydrogen-bond acceptors (Lipinski definition) is 9. The second-order valence-electron chi connectivity index (χ2n) is 13.0. The largest absolute Gasteiger partial charge is 0.390 e. The van der Waals surface area contributed by atoms with Crippen LogP contribution in [0.5, 0.6) is 0 Å². The van der Waals surface area contributed by atoms with Crippen LogP contribution in [0.4, 0.5) is 9.59 Å². The first-order chi connectivity index (χ1) is 23.4. The molecule has 0 aromatic heterocycles. The Balaban J connectivity index is 2.27. The van der Waals surface area contributed by atoms with E-state index in [1.54, 1.807) is 5.01 Å². The highest BCUT2D eigenvalue weighted by molar-refractivity contribution is 5.88. The zero-order valence-corrected chi connectivity index (χ0v) is 30.0. The monoisotopic (exact) mass is 693 g/mol. The minimum Gasteiger partial charge on any atom is -0.390 e. The Kier molecular flexibility index (Phi) is 19.6. The van der Waals surface area contributed by atoms with Gasteiger partial charge < -0.3 is 45.9 Å². The lowest BCUT2D eigenvalue weighted by Gasteiger charge is -2.35. The molecule has 0 aliphatic carbocycles. The van der Waals surface area contributed by atoms with Crippen LogP contribution in [0.1, 0.15) is 46.1 Å². The van der Waals surface area contributed by atoms with Crippen LogP contribution in [0.3, 0.4) is 0 Å². The molecule has 1 aromatic carbocycles. The molecule has 0 saturated carbocycles. The molecule has 15 nitrogen and oxygen atoms in total. The third kappa shape index (κ3) is 16.2. The van der Waals surface area contributed by atoms with Gasteiger partial charge in [0.05, 0.1) is 25.4 Å². The maximum atomic E-state index is 13.7. The maximum absolute atomic E-state index is 13.7. The maximum Gasteiger partial charge on any atom is 0.315 e. The van der Waals surface area contributed by atoms with Crippen LogP contribution in [0.25, 0.3) is 0 Å². The van der Waals surface area contributed by atoms with Gasteiger partial charge in [0.25, 0.3) is 5.91 Å². The van der Waals surface area contributed by atoms with Gasteiger partial charge in [-0.1, -0.05) is 58.0 Å². The first-order valence-corrected chi connectivity index (χ1v) is 17.2. The molecule has 2 rings (SSSR count). The van der Waals surface area contributed by atoms with E-state index < -0.39 is 48.1 Å². The summed E-state index contributed by atoms with van der Waals surface area (Å²) < 4.78 is 15.5. The summed E-state index contributed by atoms with van der Waals surface area (Å²) in [6.45, 7) is 10.2. The number of aliphatic hydroxyl groups excluding tert-OH is 1. The van der Waals surface area contributed by atoms with Gasteiger partial charge in [-0.05, 0) is 42.6 Å². The first-order valence-electron chi connectivity index (χ1n) is 17.2. The van der Waals surface area contributed by atoms with Crippen LogP contribution >= 0.6 is 0 Å². The normalized spacial score (nSPS) is 16.0. The molecule has 0 bridgehead atoms. The molecule has 7 N–H and O–H groups in total. The Morgan fingerprint density at radius 3 is 1.88 bits per heavy atom. The quantitative estimate of drug-likeness (QED) is 0.0720. The molecular weight excluding hydrogens is 634 g/mol. The van der Waals surface area contributed by atoms with Crippen molar-refractivity contribution in [2.45, 2.75) is 71.2 Å². The number of urea groups is 2. The van der Waals surface area contributed by atoms with Crippen molar-refractivity contribution in [3.8, 4) is 0 Å². The number of amides is 6. The molecule has 278 valence electrons. The Morgan fingerprint density at radius 1 is 0.837 bits per heavy atom. The standard InChI is InChI=1S/C34H59N7O8/c1-23(2)29(38-33(45)35-14-18-47-5)31(43)37-27(20-25-10-8-7-9-11-25)28(42)22-41(21-26-12-16-49-17-13-26)40-32(44)30(24(3)4)39-34(46)36-15-19-48-6/h7-11,23-24,26-30,42H,12-22H2,1-6H3,(H,37,43)(H,40,44)(H2,35,38,45)(H2,36,39,46)/t27?,28?,29-,30-/m0/s1.